The molecule has 0 bridgehead atoms. The topological polar surface area (TPSA) is 44.4 Å². The number of nitrogens with zero attached hydrogens (tertiary/aromatic N) is 1. The van der Waals surface area contributed by atoms with Crippen molar-refractivity contribution in [1.82, 2.24) is 15.5 Å². The molecule has 0 radical (unpaired) electrons. The van der Waals surface area contributed by atoms with Crippen molar-refractivity contribution < 1.29 is 4.79 Å². The smallest absolute Gasteiger partial charge is 0.315 e. The molecule has 4 nitrogen and oxygen atoms in total. The van der Waals surface area contributed by atoms with Gasteiger partial charge < -0.3 is 15.5 Å². The lowest BCUT2D eigenvalue weighted by atomic mass is 10.1. The van der Waals surface area contributed by atoms with E-state index in [0.717, 1.165) is 11.1 Å². The van der Waals surface area contributed by atoms with Gasteiger partial charge in [0.1, 0.15) is 0 Å². The highest BCUT2D eigenvalue weighted by atomic mass is 35.5. The molecule has 6 heteroatoms. The second kappa shape index (κ2) is 8.92. The molecule has 0 aromatic heterocycles. The van der Waals surface area contributed by atoms with E-state index >= 15 is 0 Å². The van der Waals surface area contributed by atoms with Crippen LogP contribution in [-0.2, 0) is 6.54 Å². The number of carbonyl (C=O) groups is 1. The molecule has 0 spiro atoms. The van der Waals surface area contributed by atoms with E-state index in [4.69, 9.17) is 23.2 Å². The number of hydrogen-bond donors (Lipinski definition) is 2. The maximum absolute atomic E-state index is 12.0. The summed E-state index contributed by atoms with van der Waals surface area (Å²) in [5, 5.41) is 7.07. The second-order valence-electron chi connectivity index (χ2n) is 5.73. The van der Waals surface area contributed by atoms with E-state index in [0.29, 0.717) is 23.1 Å². The van der Waals surface area contributed by atoms with Gasteiger partial charge >= 0.3 is 6.03 Å². The maximum atomic E-state index is 12.0. The number of carbonyl (C=O) groups excluding carboxylic acids is 1. The average Bonchev–Trinajstić information content (AvgIpc) is 2.53. The Morgan fingerprint density at radius 2 is 1.71 bits per heavy atom. The van der Waals surface area contributed by atoms with Gasteiger partial charge in [0.25, 0.3) is 0 Å². The van der Waals surface area contributed by atoms with Crippen molar-refractivity contribution in [1.29, 1.82) is 0 Å². The quantitative estimate of drug-likeness (QED) is 0.809. The average molecular weight is 366 g/mol. The van der Waals surface area contributed by atoms with E-state index in [2.05, 4.69) is 10.6 Å². The molecule has 128 valence electrons. The van der Waals surface area contributed by atoms with Crippen LogP contribution in [0.3, 0.4) is 0 Å². The number of halogens is 2. The summed E-state index contributed by atoms with van der Waals surface area (Å²) >= 11 is 12.0. The Balaban J connectivity index is 1.88. The van der Waals surface area contributed by atoms with Gasteiger partial charge in [-0.05, 0) is 49.5 Å². The normalized spacial score (nSPS) is 12.0. The number of amides is 2. The molecule has 2 aromatic carbocycles. The van der Waals surface area contributed by atoms with Crippen molar-refractivity contribution in [3.63, 3.8) is 0 Å². The van der Waals surface area contributed by atoms with E-state index in [-0.39, 0.29) is 12.1 Å². The van der Waals surface area contributed by atoms with Crippen LogP contribution in [-0.4, -0.2) is 31.6 Å². The highest BCUT2D eigenvalue weighted by Crippen LogP contribution is 2.20. The summed E-state index contributed by atoms with van der Waals surface area (Å²) in [5.74, 6) is 0. The third-order valence-corrected chi connectivity index (χ3v) is 4.13. The van der Waals surface area contributed by atoms with Crippen LogP contribution in [0.5, 0.6) is 0 Å². The number of likely N-dealkylation sites (N-methyl/N-ethyl adjacent to an activating group) is 1. The molecule has 24 heavy (non-hydrogen) atoms. The van der Waals surface area contributed by atoms with Crippen LogP contribution >= 0.6 is 23.2 Å². The Kier molecular flexibility index (Phi) is 6.91. The van der Waals surface area contributed by atoms with Crippen LogP contribution in [0.15, 0.2) is 48.5 Å². The maximum Gasteiger partial charge on any atom is 0.315 e. The molecule has 2 aromatic rings. The highest BCUT2D eigenvalue weighted by Gasteiger charge is 2.15. The summed E-state index contributed by atoms with van der Waals surface area (Å²) in [6.45, 7) is 0.908. The van der Waals surface area contributed by atoms with E-state index in [1.54, 1.807) is 6.07 Å². The first kappa shape index (κ1) is 18.6. The summed E-state index contributed by atoms with van der Waals surface area (Å²) in [5.41, 5.74) is 2.01. The molecule has 0 saturated carbocycles. The van der Waals surface area contributed by atoms with E-state index in [1.165, 1.54) is 0 Å². The molecule has 2 rings (SSSR count). The van der Waals surface area contributed by atoms with Crippen molar-refractivity contribution in [3.05, 3.63) is 69.7 Å². The lowest BCUT2D eigenvalue weighted by Crippen LogP contribution is -2.40. The number of rotatable bonds is 6. The fourth-order valence-electron chi connectivity index (χ4n) is 2.39. The van der Waals surface area contributed by atoms with E-state index < -0.39 is 0 Å². The van der Waals surface area contributed by atoms with Gasteiger partial charge in [-0.2, -0.15) is 0 Å². The Hall–Kier alpha value is -1.75. The van der Waals surface area contributed by atoms with E-state index in [9.17, 15) is 4.79 Å². The zero-order valence-corrected chi connectivity index (χ0v) is 15.2. The van der Waals surface area contributed by atoms with Gasteiger partial charge in [-0.15, -0.1) is 0 Å². The van der Waals surface area contributed by atoms with Crippen molar-refractivity contribution in [2.24, 2.45) is 0 Å². The molecule has 2 amide bonds. The molecule has 0 saturated heterocycles. The summed E-state index contributed by atoms with van der Waals surface area (Å²) in [6.07, 6.45) is 0. The second-order valence-corrected chi connectivity index (χ2v) is 6.60. The first-order chi connectivity index (χ1) is 11.5. The number of benzene rings is 2. The monoisotopic (exact) mass is 365 g/mol. The minimum Gasteiger partial charge on any atom is -0.336 e. The van der Waals surface area contributed by atoms with Crippen LogP contribution in [0.1, 0.15) is 17.2 Å². The zero-order chi connectivity index (χ0) is 17.5. The molecule has 0 fully saturated rings. The third-order valence-electron chi connectivity index (χ3n) is 3.65. The van der Waals surface area contributed by atoms with Gasteiger partial charge in [0.2, 0.25) is 0 Å². The first-order valence-electron chi connectivity index (χ1n) is 7.64. The van der Waals surface area contributed by atoms with Gasteiger partial charge in [0, 0.05) is 23.1 Å². The van der Waals surface area contributed by atoms with E-state index in [1.807, 2.05) is 61.5 Å². The minimum absolute atomic E-state index is 0.0422. The number of urea groups is 1. The van der Waals surface area contributed by atoms with Crippen molar-refractivity contribution in [2.45, 2.75) is 12.6 Å². The van der Waals surface area contributed by atoms with Gasteiger partial charge in [-0.1, -0.05) is 47.5 Å². The first-order valence-corrected chi connectivity index (χ1v) is 8.39. The molecule has 0 heterocycles. The predicted molar refractivity (Wildman–Crippen MR) is 99.6 cm³/mol. The van der Waals surface area contributed by atoms with Crippen LogP contribution < -0.4 is 10.6 Å². The summed E-state index contributed by atoms with van der Waals surface area (Å²) < 4.78 is 0. The summed E-state index contributed by atoms with van der Waals surface area (Å²) in [6, 6.07) is 14.9. The molecule has 2 N–H and O–H groups in total. The van der Waals surface area contributed by atoms with Crippen molar-refractivity contribution in [2.75, 3.05) is 20.6 Å². The minimum atomic E-state index is -0.219. The summed E-state index contributed by atoms with van der Waals surface area (Å²) in [7, 11) is 3.94. The standard InChI is InChI=1S/C18H21Cl2N3O/c1-23(2)17(14-6-4-8-16(20)10-14)12-22-18(24)21-11-13-5-3-7-15(19)9-13/h3-10,17H,11-12H2,1-2H3,(H2,21,22,24). The Labute approximate surface area is 152 Å². The fourth-order valence-corrected chi connectivity index (χ4v) is 2.81. The van der Waals surface area contributed by atoms with Gasteiger partial charge in [0.05, 0.1) is 6.04 Å². The van der Waals surface area contributed by atoms with Crippen LogP contribution in [0.25, 0.3) is 0 Å². The largest absolute Gasteiger partial charge is 0.336 e. The predicted octanol–water partition coefficient (Wildman–Crippen LogP) is 4.10. The van der Waals surface area contributed by atoms with Crippen LogP contribution in [0, 0.1) is 0 Å². The number of nitrogens with one attached hydrogen (secondary N) is 2. The molecule has 1 atom stereocenters. The lowest BCUT2D eigenvalue weighted by molar-refractivity contribution is 0.232. The molecule has 0 aliphatic rings. The molecule has 0 aliphatic heterocycles. The third kappa shape index (κ3) is 5.71. The van der Waals surface area contributed by atoms with Crippen LogP contribution in [0.4, 0.5) is 4.79 Å². The zero-order valence-electron chi connectivity index (χ0n) is 13.7. The van der Waals surface area contributed by atoms with Gasteiger partial charge in [-0.3, -0.25) is 0 Å². The fraction of sp³-hybridized carbons (Fsp3) is 0.278. The lowest BCUT2D eigenvalue weighted by Gasteiger charge is -2.25. The molecular formula is C18H21Cl2N3O. The van der Waals surface area contributed by atoms with Crippen LogP contribution in [0.2, 0.25) is 10.0 Å². The Morgan fingerprint density at radius 1 is 1.04 bits per heavy atom. The summed E-state index contributed by atoms with van der Waals surface area (Å²) in [4.78, 5) is 14.1. The molecule has 0 aliphatic carbocycles. The van der Waals surface area contributed by atoms with Gasteiger partial charge in [0.15, 0.2) is 0 Å². The number of hydrogen-bond acceptors (Lipinski definition) is 2. The molecular weight excluding hydrogens is 345 g/mol. The highest BCUT2D eigenvalue weighted by molar-refractivity contribution is 6.30. The van der Waals surface area contributed by atoms with Crippen molar-refractivity contribution >= 4 is 29.2 Å². The van der Waals surface area contributed by atoms with Crippen molar-refractivity contribution in [3.8, 4) is 0 Å². The Morgan fingerprint density at radius 3 is 2.33 bits per heavy atom. The van der Waals surface area contributed by atoms with Gasteiger partial charge in [-0.25, -0.2) is 4.79 Å². The molecule has 1 unspecified atom stereocenters. The Bertz CT molecular complexity index is 691. The SMILES string of the molecule is CN(C)C(CNC(=O)NCc1cccc(Cl)c1)c1cccc(Cl)c1.